The third kappa shape index (κ3) is 6.07. The van der Waals surface area contributed by atoms with Crippen LogP contribution >= 0.6 is 0 Å². The van der Waals surface area contributed by atoms with Gasteiger partial charge in [-0.2, -0.15) is 0 Å². The number of carbonyl (C=O) groups excluding carboxylic acids is 2. The third-order valence-corrected chi connectivity index (χ3v) is 5.47. The lowest BCUT2D eigenvalue weighted by Crippen LogP contribution is -3.28. The molecule has 0 unspecified atom stereocenters. The highest BCUT2D eigenvalue weighted by atomic mass is 16.7. The van der Waals surface area contributed by atoms with E-state index >= 15 is 0 Å². The van der Waals surface area contributed by atoms with Crippen molar-refractivity contribution < 1.29 is 28.9 Å². The van der Waals surface area contributed by atoms with Crippen LogP contribution in [0.2, 0.25) is 0 Å². The molecule has 0 aromatic heterocycles. The third-order valence-electron chi connectivity index (χ3n) is 5.47. The molecule has 1 saturated heterocycles. The van der Waals surface area contributed by atoms with Crippen molar-refractivity contribution in [2.75, 3.05) is 51.4 Å². The van der Waals surface area contributed by atoms with E-state index in [0.717, 1.165) is 32.7 Å². The van der Waals surface area contributed by atoms with Crippen LogP contribution in [0.5, 0.6) is 11.5 Å². The first-order valence-corrected chi connectivity index (χ1v) is 10.5. The van der Waals surface area contributed by atoms with Crippen LogP contribution in [0.4, 0.5) is 10.5 Å². The Kier molecular flexibility index (Phi) is 6.81. The topological polar surface area (TPSA) is 85.5 Å². The summed E-state index contributed by atoms with van der Waals surface area (Å²) in [5.41, 5.74) is 1.75. The molecule has 2 aromatic rings. The molecule has 4 N–H and O–H groups in total. The summed E-state index contributed by atoms with van der Waals surface area (Å²) in [6, 6.07) is 14.8. The summed E-state index contributed by atoms with van der Waals surface area (Å²) in [4.78, 5) is 27.1. The molecular formula is C23H28N4O4+2. The van der Waals surface area contributed by atoms with Gasteiger partial charge in [-0.25, -0.2) is 4.79 Å². The van der Waals surface area contributed by atoms with Gasteiger partial charge in [0.1, 0.15) is 26.2 Å². The first-order chi connectivity index (χ1) is 15.2. The zero-order chi connectivity index (χ0) is 21.5. The fourth-order valence-corrected chi connectivity index (χ4v) is 3.80. The van der Waals surface area contributed by atoms with Crippen molar-refractivity contribution in [1.82, 2.24) is 5.32 Å². The molecule has 0 saturated carbocycles. The molecule has 0 spiro atoms. The van der Waals surface area contributed by atoms with Crippen molar-refractivity contribution in [2.24, 2.45) is 0 Å². The highest BCUT2D eigenvalue weighted by Gasteiger charge is 2.24. The van der Waals surface area contributed by atoms with Crippen molar-refractivity contribution in [2.45, 2.75) is 0 Å². The van der Waals surface area contributed by atoms with Gasteiger partial charge >= 0.3 is 6.03 Å². The average molecular weight is 425 g/mol. The van der Waals surface area contributed by atoms with Crippen LogP contribution in [-0.4, -0.2) is 58.0 Å². The van der Waals surface area contributed by atoms with Crippen LogP contribution in [0.3, 0.4) is 0 Å². The zero-order valence-corrected chi connectivity index (χ0v) is 17.4. The molecule has 4 rings (SSSR count). The molecule has 8 heteroatoms. The van der Waals surface area contributed by atoms with Crippen molar-refractivity contribution >= 4 is 23.7 Å². The number of nitrogens with one attached hydrogen (secondary N) is 4. The minimum atomic E-state index is -0.543. The summed E-state index contributed by atoms with van der Waals surface area (Å²) in [5, 5.41) is 5.06. The van der Waals surface area contributed by atoms with Crippen LogP contribution < -0.4 is 29.9 Å². The number of fused-ring (bicyclic) bond motifs is 1. The second-order valence-corrected chi connectivity index (χ2v) is 7.76. The van der Waals surface area contributed by atoms with Gasteiger partial charge < -0.3 is 24.6 Å². The molecule has 2 aromatic carbocycles. The number of urea groups is 1. The minimum Gasteiger partial charge on any atom is -0.454 e. The van der Waals surface area contributed by atoms with E-state index in [1.807, 2.05) is 18.2 Å². The van der Waals surface area contributed by atoms with Gasteiger partial charge in [0, 0.05) is 11.8 Å². The number of hydrogen-bond acceptors (Lipinski definition) is 4. The quantitative estimate of drug-likeness (QED) is 0.507. The lowest BCUT2D eigenvalue weighted by atomic mass is 10.2. The van der Waals surface area contributed by atoms with E-state index in [2.05, 4.69) is 34.9 Å². The zero-order valence-electron chi connectivity index (χ0n) is 17.4. The smallest absolute Gasteiger partial charge is 0.326 e. The standard InChI is InChI=1S/C23H26N4O4/c28-22(25-23(29)24-19-8-9-20-21(15-19)31-17-30-20)16-27-13-11-26(12-14-27)10-4-7-18-5-2-1-3-6-18/h1-9,15H,10-14,16-17H2,(H2,24,25,28,29)/p+2/b7-4+. The van der Waals surface area contributed by atoms with Crippen molar-refractivity contribution in [3.8, 4) is 11.5 Å². The minimum absolute atomic E-state index is 0.171. The molecule has 0 radical (unpaired) electrons. The monoisotopic (exact) mass is 424 g/mol. The van der Waals surface area contributed by atoms with E-state index in [9.17, 15) is 9.59 Å². The van der Waals surface area contributed by atoms with Crippen LogP contribution in [0.25, 0.3) is 6.08 Å². The normalized spacial score (nSPS) is 19.9. The molecule has 2 aliphatic rings. The first-order valence-electron chi connectivity index (χ1n) is 10.5. The Labute approximate surface area is 181 Å². The maximum absolute atomic E-state index is 12.3. The van der Waals surface area contributed by atoms with Gasteiger partial charge in [-0.15, -0.1) is 0 Å². The molecule has 2 heterocycles. The Balaban J connectivity index is 1.15. The molecule has 0 atom stereocenters. The highest BCUT2D eigenvalue weighted by molar-refractivity contribution is 6.01. The molecule has 0 aliphatic carbocycles. The van der Waals surface area contributed by atoms with Gasteiger partial charge in [-0.1, -0.05) is 36.4 Å². The van der Waals surface area contributed by atoms with E-state index in [4.69, 9.17) is 9.47 Å². The Morgan fingerprint density at radius 3 is 2.48 bits per heavy atom. The Morgan fingerprint density at radius 1 is 0.935 bits per heavy atom. The lowest BCUT2D eigenvalue weighted by molar-refractivity contribution is -1.01. The average Bonchev–Trinajstić information content (AvgIpc) is 3.23. The van der Waals surface area contributed by atoms with Gasteiger partial charge in [0.2, 0.25) is 6.79 Å². The summed E-state index contributed by atoms with van der Waals surface area (Å²) in [6.07, 6.45) is 4.36. The number of amides is 3. The van der Waals surface area contributed by atoms with Gasteiger partial charge in [0.15, 0.2) is 18.0 Å². The number of carbonyl (C=O) groups is 2. The molecule has 0 bridgehead atoms. The van der Waals surface area contributed by atoms with Gasteiger partial charge in [-0.3, -0.25) is 10.1 Å². The van der Waals surface area contributed by atoms with Crippen molar-refractivity contribution in [1.29, 1.82) is 0 Å². The Hall–Kier alpha value is -3.36. The van der Waals surface area contributed by atoms with E-state index in [0.29, 0.717) is 23.7 Å². The second kappa shape index (κ2) is 10.1. The highest BCUT2D eigenvalue weighted by Crippen LogP contribution is 2.34. The number of anilines is 1. The number of hydrogen-bond donors (Lipinski definition) is 4. The predicted molar refractivity (Wildman–Crippen MR) is 116 cm³/mol. The lowest BCUT2D eigenvalue weighted by Gasteiger charge is -2.28. The number of benzene rings is 2. The molecule has 31 heavy (non-hydrogen) atoms. The predicted octanol–water partition coefficient (Wildman–Crippen LogP) is -0.440. The number of imide groups is 1. The number of quaternary nitrogens is 2. The van der Waals surface area contributed by atoms with Crippen LogP contribution in [-0.2, 0) is 4.79 Å². The molecule has 8 nitrogen and oxygen atoms in total. The van der Waals surface area contributed by atoms with E-state index in [1.54, 1.807) is 18.2 Å². The summed E-state index contributed by atoms with van der Waals surface area (Å²) in [6.45, 7) is 5.27. The fraction of sp³-hybridized carbons (Fsp3) is 0.304. The van der Waals surface area contributed by atoms with Crippen molar-refractivity contribution in [3.63, 3.8) is 0 Å². The van der Waals surface area contributed by atoms with Gasteiger partial charge in [0.05, 0.1) is 6.54 Å². The maximum atomic E-state index is 12.3. The van der Waals surface area contributed by atoms with Crippen LogP contribution in [0, 0.1) is 0 Å². The second-order valence-electron chi connectivity index (χ2n) is 7.76. The molecule has 3 amide bonds. The SMILES string of the molecule is O=C(C[NH+]1CC[NH+](C/C=C/c2ccccc2)CC1)NC(=O)Nc1ccc2c(c1)OCO2. The maximum Gasteiger partial charge on any atom is 0.326 e. The first kappa shape index (κ1) is 20.9. The number of ether oxygens (including phenoxy) is 2. The van der Waals surface area contributed by atoms with E-state index in [-0.39, 0.29) is 12.7 Å². The number of piperazine rings is 1. The summed E-state index contributed by atoms with van der Waals surface area (Å²) in [5.74, 6) is 0.940. The number of rotatable bonds is 6. The Morgan fingerprint density at radius 2 is 1.68 bits per heavy atom. The van der Waals surface area contributed by atoms with Gasteiger partial charge in [-0.05, 0) is 23.8 Å². The molecule has 1 fully saturated rings. The van der Waals surface area contributed by atoms with Crippen molar-refractivity contribution in [3.05, 3.63) is 60.2 Å². The van der Waals surface area contributed by atoms with E-state index in [1.165, 1.54) is 15.4 Å². The van der Waals surface area contributed by atoms with Crippen LogP contribution in [0.15, 0.2) is 54.6 Å². The van der Waals surface area contributed by atoms with Gasteiger partial charge in [0.25, 0.3) is 5.91 Å². The van der Waals surface area contributed by atoms with Crippen LogP contribution in [0.1, 0.15) is 5.56 Å². The van der Waals surface area contributed by atoms with E-state index < -0.39 is 6.03 Å². The fourth-order valence-electron chi connectivity index (χ4n) is 3.80. The largest absolute Gasteiger partial charge is 0.454 e. The summed E-state index contributed by atoms with van der Waals surface area (Å²) >= 11 is 0. The summed E-state index contributed by atoms with van der Waals surface area (Å²) in [7, 11) is 0. The molecule has 2 aliphatic heterocycles. The summed E-state index contributed by atoms with van der Waals surface area (Å²) < 4.78 is 10.5. The Bertz CT molecular complexity index is 940. The molecular weight excluding hydrogens is 396 g/mol. The molecule has 162 valence electrons.